The average molecular weight is 580 g/mol. The van der Waals surface area contributed by atoms with E-state index in [0.717, 1.165) is 34.5 Å². The molecular formula is C31H37N3O6S. The molecular weight excluding hydrogens is 542 g/mol. The van der Waals surface area contributed by atoms with E-state index >= 15 is 0 Å². The summed E-state index contributed by atoms with van der Waals surface area (Å²) in [4.78, 5) is 29.3. The smallest absolute Gasteiger partial charge is 0.247 e. The van der Waals surface area contributed by atoms with Crippen LogP contribution in [-0.4, -0.2) is 68.6 Å². The molecule has 2 amide bonds. The van der Waals surface area contributed by atoms with E-state index in [-0.39, 0.29) is 25.1 Å². The Balaban J connectivity index is 1.67. The van der Waals surface area contributed by atoms with E-state index in [2.05, 4.69) is 5.32 Å². The third-order valence-corrected chi connectivity index (χ3v) is 8.21. The first-order valence-corrected chi connectivity index (χ1v) is 15.4. The van der Waals surface area contributed by atoms with Gasteiger partial charge in [-0.15, -0.1) is 0 Å². The average Bonchev–Trinajstić information content (AvgIpc) is 3.50. The summed E-state index contributed by atoms with van der Waals surface area (Å²) in [7, 11) is -2.18. The van der Waals surface area contributed by atoms with Crippen LogP contribution in [0.1, 0.15) is 35.6 Å². The summed E-state index contributed by atoms with van der Waals surface area (Å²) in [6.45, 7) is 0.678. The summed E-state index contributed by atoms with van der Waals surface area (Å²) in [5, 5.41) is 2.98. The van der Waals surface area contributed by atoms with Crippen molar-refractivity contribution in [2.24, 2.45) is 0 Å². The third-order valence-electron chi connectivity index (χ3n) is 7.02. The number of amides is 2. The Bertz CT molecular complexity index is 1380. The number of hydrogen-bond donors (Lipinski definition) is 1. The molecule has 4 rings (SSSR count). The summed E-state index contributed by atoms with van der Waals surface area (Å²) < 4.78 is 37.7. The van der Waals surface area contributed by atoms with Gasteiger partial charge in [-0.05, 0) is 41.7 Å². The van der Waals surface area contributed by atoms with Gasteiger partial charge in [0, 0.05) is 26.2 Å². The first-order valence-electron chi connectivity index (χ1n) is 13.6. The predicted molar refractivity (Wildman–Crippen MR) is 156 cm³/mol. The molecule has 1 aliphatic heterocycles. The topological polar surface area (TPSA) is 105 Å². The van der Waals surface area contributed by atoms with Crippen molar-refractivity contribution in [2.45, 2.75) is 38.1 Å². The SMILES string of the molecule is COc1ccc(CN(C(=O)CN(Cc2ccccc2)S(C)(=O)=O)[C@H](C(=O)NC[C@H]2CCCO2)c2ccccc2)cc1. The maximum Gasteiger partial charge on any atom is 0.247 e. The van der Waals surface area contributed by atoms with E-state index in [1.807, 2.05) is 60.7 Å². The van der Waals surface area contributed by atoms with Gasteiger partial charge in [-0.2, -0.15) is 4.31 Å². The minimum atomic E-state index is -3.75. The van der Waals surface area contributed by atoms with Gasteiger partial charge < -0.3 is 19.7 Å². The first kappa shape index (κ1) is 30.2. The molecule has 1 saturated heterocycles. The lowest BCUT2D eigenvalue weighted by Crippen LogP contribution is -2.48. The van der Waals surface area contributed by atoms with E-state index in [0.29, 0.717) is 24.5 Å². The van der Waals surface area contributed by atoms with Crippen LogP contribution in [0, 0.1) is 0 Å². The molecule has 0 bridgehead atoms. The van der Waals surface area contributed by atoms with Crippen LogP contribution in [0.2, 0.25) is 0 Å². The van der Waals surface area contributed by atoms with E-state index in [1.54, 1.807) is 31.4 Å². The molecule has 0 aliphatic carbocycles. The Kier molecular flexibility index (Phi) is 10.5. The summed E-state index contributed by atoms with van der Waals surface area (Å²) in [5.74, 6) is -0.197. The van der Waals surface area contributed by atoms with Crippen molar-refractivity contribution in [3.63, 3.8) is 0 Å². The molecule has 1 aliphatic rings. The van der Waals surface area contributed by atoms with Crippen molar-refractivity contribution in [3.8, 4) is 5.75 Å². The highest BCUT2D eigenvalue weighted by Crippen LogP contribution is 2.26. The number of nitrogens with zero attached hydrogens (tertiary/aromatic N) is 2. The first-order chi connectivity index (χ1) is 19.7. The van der Waals surface area contributed by atoms with E-state index in [4.69, 9.17) is 9.47 Å². The zero-order chi connectivity index (χ0) is 29.2. The second kappa shape index (κ2) is 14.2. The number of rotatable bonds is 13. The maximum atomic E-state index is 14.1. The fourth-order valence-corrected chi connectivity index (χ4v) is 5.52. The number of sulfonamides is 1. The fraction of sp³-hybridized carbons (Fsp3) is 0.355. The molecule has 3 aromatic rings. The molecule has 218 valence electrons. The van der Waals surface area contributed by atoms with Crippen molar-refractivity contribution in [1.29, 1.82) is 0 Å². The van der Waals surface area contributed by atoms with Crippen LogP contribution < -0.4 is 10.1 Å². The number of carbonyl (C=O) groups is 2. The summed E-state index contributed by atoms with van der Waals surface area (Å²) in [5.41, 5.74) is 2.13. The lowest BCUT2D eigenvalue weighted by molar-refractivity contribution is -0.142. The molecule has 0 radical (unpaired) electrons. The molecule has 0 spiro atoms. The molecule has 10 heteroatoms. The van der Waals surface area contributed by atoms with Crippen molar-refractivity contribution in [3.05, 3.63) is 102 Å². The van der Waals surface area contributed by atoms with Crippen LogP contribution in [0.4, 0.5) is 0 Å². The molecule has 2 atom stereocenters. The quantitative estimate of drug-likeness (QED) is 0.332. The van der Waals surface area contributed by atoms with Crippen molar-refractivity contribution < 1.29 is 27.5 Å². The van der Waals surface area contributed by atoms with Gasteiger partial charge in [0.25, 0.3) is 0 Å². The Labute approximate surface area is 242 Å². The summed E-state index contributed by atoms with van der Waals surface area (Å²) in [6, 6.07) is 24.4. The normalized spacial score (nSPS) is 15.8. The van der Waals surface area contributed by atoms with Crippen LogP contribution in [0.3, 0.4) is 0 Å². The van der Waals surface area contributed by atoms with E-state index in [9.17, 15) is 18.0 Å². The fourth-order valence-electron chi connectivity index (χ4n) is 4.79. The number of hydrogen-bond acceptors (Lipinski definition) is 6. The second-order valence-corrected chi connectivity index (χ2v) is 12.1. The molecule has 3 aromatic carbocycles. The molecule has 41 heavy (non-hydrogen) atoms. The third kappa shape index (κ3) is 8.63. The number of methoxy groups -OCH3 is 1. The minimum Gasteiger partial charge on any atom is -0.497 e. The molecule has 9 nitrogen and oxygen atoms in total. The maximum absolute atomic E-state index is 14.1. The van der Waals surface area contributed by atoms with Crippen molar-refractivity contribution in [2.75, 3.05) is 33.1 Å². The molecule has 1 fully saturated rings. The van der Waals surface area contributed by atoms with Gasteiger partial charge in [0.15, 0.2) is 0 Å². The lowest BCUT2D eigenvalue weighted by Gasteiger charge is -2.33. The molecule has 0 saturated carbocycles. The van der Waals surface area contributed by atoms with E-state index in [1.165, 1.54) is 4.90 Å². The number of ether oxygens (including phenoxy) is 2. The minimum absolute atomic E-state index is 0.0308. The molecule has 1 heterocycles. The van der Waals surface area contributed by atoms with E-state index < -0.39 is 28.5 Å². The second-order valence-electron chi connectivity index (χ2n) is 10.1. The number of carbonyl (C=O) groups excluding carboxylic acids is 2. The highest BCUT2D eigenvalue weighted by molar-refractivity contribution is 7.88. The predicted octanol–water partition coefficient (Wildman–Crippen LogP) is 3.52. The summed E-state index contributed by atoms with van der Waals surface area (Å²) >= 11 is 0. The van der Waals surface area contributed by atoms with Gasteiger partial charge in [0.1, 0.15) is 11.8 Å². The number of nitrogens with one attached hydrogen (secondary N) is 1. The van der Waals surface area contributed by atoms with Crippen LogP contribution in [0.15, 0.2) is 84.9 Å². The Morgan fingerprint density at radius 2 is 1.59 bits per heavy atom. The highest BCUT2D eigenvalue weighted by Gasteiger charge is 2.34. The van der Waals surface area contributed by atoms with Gasteiger partial charge >= 0.3 is 0 Å². The van der Waals surface area contributed by atoms with Crippen LogP contribution in [0.5, 0.6) is 5.75 Å². The van der Waals surface area contributed by atoms with Gasteiger partial charge in [-0.1, -0.05) is 72.8 Å². The Morgan fingerprint density at radius 1 is 0.951 bits per heavy atom. The monoisotopic (exact) mass is 579 g/mol. The largest absolute Gasteiger partial charge is 0.497 e. The van der Waals surface area contributed by atoms with Gasteiger partial charge in [-0.25, -0.2) is 8.42 Å². The Hall–Kier alpha value is -3.73. The van der Waals surface area contributed by atoms with Gasteiger partial charge in [0.05, 0.1) is 26.0 Å². The Morgan fingerprint density at radius 3 is 2.17 bits per heavy atom. The zero-order valence-corrected chi connectivity index (χ0v) is 24.3. The standard InChI is InChI=1S/C31H37N3O6S/c1-39-27-17-15-25(16-18-27)22-34(29(35)23-33(41(2,37)38)21-24-10-5-3-6-11-24)30(26-12-7-4-8-13-26)31(36)32-20-28-14-9-19-40-28/h3-8,10-13,15-18,28,30H,9,14,19-23H2,1-2H3,(H,32,36)/t28-,30+/m1/s1. The zero-order valence-electron chi connectivity index (χ0n) is 23.4. The summed E-state index contributed by atoms with van der Waals surface area (Å²) in [6.07, 6.45) is 2.80. The molecule has 0 aromatic heterocycles. The number of benzene rings is 3. The van der Waals surface area contributed by atoms with Gasteiger partial charge in [0.2, 0.25) is 21.8 Å². The molecule has 0 unspecified atom stereocenters. The van der Waals surface area contributed by atoms with Crippen LogP contribution in [-0.2, 0) is 37.4 Å². The van der Waals surface area contributed by atoms with Gasteiger partial charge in [-0.3, -0.25) is 9.59 Å². The molecule has 1 N–H and O–H groups in total. The lowest BCUT2D eigenvalue weighted by atomic mass is 10.0. The van der Waals surface area contributed by atoms with Crippen molar-refractivity contribution in [1.82, 2.24) is 14.5 Å². The van der Waals surface area contributed by atoms with Crippen LogP contribution in [0.25, 0.3) is 0 Å². The van der Waals surface area contributed by atoms with Crippen molar-refractivity contribution >= 4 is 21.8 Å². The van der Waals surface area contributed by atoms with Crippen LogP contribution >= 0.6 is 0 Å². The highest BCUT2D eigenvalue weighted by atomic mass is 32.2.